The number of carbonyl (C=O) groups excluding carboxylic acids is 1. The molecule has 0 radical (unpaired) electrons. The molecule has 1 atom stereocenters. The number of ether oxygens (including phenoxy) is 1. The zero-order valence-electron chi connectivity index (χ0n) is 11.9. The van der Waals surface area contributed by atoms with Crippen LogP contribution in [0.4, 0.5) is 4.79 Å². The maximum Gasteiger partial charge on any atom is 0.335 e. The average molecular weight is 290 g/mol. The van der Waals surface area contributed by atoms with Gasteiger partial charge in [-0.25, -0.2) is 9.59 Å². The number of nitrogens with zero attached hydrogens (tertiary/aromatic N) is 1. The molecule has 1 unspecified atom stereocenters. The maximum absolute atomic E-state index is 12.3. The van der Waals surface area contributed by atoms with Crippen molar-refractivity contribution in [2.75, 3.05) is 13.2 Å². The van der Waals surface area contributed by atoms with Gasteiger partial charge in [0, 0.05) is 19.7 Å². The second kappa shape index (κ2) is 5.04. The number of aromatic carboxylic acids is 1. The van der Waals surface area contributed by atoms with E-state index in [9.17, 15) is 9.59 Å². The second-order valence-corrected chi connectivity index (χ2v) is 5.94. The van der Waals surface area contributed by atoms with Crippen molar-refractivity contribution in [2.45, 2.75) is 32.0 Å². The van der Waals surface area contributed by atoms with E-state index in [0.717, 1.165) is 17.5 Å². The number of carboxylic acids is 1. The van der Waals surface area contributed by atoms with Crippen LogP contribution in [0.2, 0.25) is 0 Å². The molecule has 112 valence electrons. The van der Waals surface area contributed by atoms with E-state index in [-0.39, 0.29) is 17.1 Å². The summed E-state index contributed by atoms with van der Waals surface area (Å²) in [7, 11) is 0. The minimum Gasteiger partial charge on any atom is -0.478 e. The van der Waals surface area contributed by atoms with Crippen molar-refractivity contribution < 1.29 is 19.4 Å². The zero-order valence-corrected chi connectivity index (χ0v) is 11.9. The van der Waals surface area contributed by atoms with Crippen molar-refractivity contribution in [2.24, 2.45) is 0 Å². The third-order valence-electron chi connectivity index (χ3n) is 4.09. The van der Waals surface area contributed by atoms with Crippen LogP contribution in [-0.4, -0.2) is 40.8 Å². The fourth-order valence-electron chi connectivity index (χ4n) is 2.77. The summed E-state index contributed by atoms with van der Waals surface area (Å²) in [6, 6.07) is 4.88. The van der Waals surface area contributed by atoms with Crippen molar-refractivity contribution in [3.63, 3.8) is 0 Å². The first kappa shape index (κ1) is 13.9. The fourth-order valence-corrected chi connectivity index (χ4v) is 2.77. The highest BCUT2D eigenvalue weighted by Crippen LogP contribution is 2.25. The van der Waals surface area contributed by atoms with Crippen molar-refractivity contribution >= 4 is 12.0 Å². The predicted octanol–water partition coefficient (Wildman–Crippen LogP) is 1.59. The van der Waals surface area contributed by atoms with E-state index < -0.39 is 5.97 Å². The summed E-state index contributed by atoms with van der Waals surface area (Å²) in [4.78, 5) is 25.0. The lowest BCUT2D eigenvalue weighted by atomic mass is 10.0. The van der Waals surface area contributed by atoms with Gasteiger partial charge in [-0.2, -0.15) is 0 Å². The number of carbonyl (C=O) groups is 2. The quantitative estimate of drug-likeness (QED) is 0.867. The molecule has 1 aromatic rings. The summed E-state index contributed by atoms with van der Waals surface area (Å²) in [6.45, 7) is 4.13. The number of rotatable bonds is 2. The fraction of sp³-hybridized carbons (Fsp3) is 0.467. The number of hydrogen-bond donors (Lipinski definition) is 2. The summed E-state index contributed by atoms with van der Waals surface area (Å²) in [5, 5.41) is 12.0. The van der Waals surface area contributed by atoms with E-state index >= 15 is 0 Å². The number of fused-ring (bicyclic) bond motifs is 1. The lowest BCUT2D eigenvalue weighted by molar-refractivity contribution is 0.0696. The van der Waals surface area contributed by atoms with E-state index in [0.29, 0.717) is 26.3 Å². The number of hydrogen-bond acceptors (Lipinski definition) is 3. The van der Waals surface area contributed by atoms with Crippen molar-refractivity contribution in [1.29, 1.82) is 0 Å². The van der Waals surface area contributed by atoms with Crippen LogP contribution in [0.15, 0.2) is 18.2 Å². The van der Waals surface area contributed by atoms with E-state index in [1.54, 1.807) is 23.1 Å². The highest BCUT2D eigenvalue weighted by Gasteiger charge is 2.34. The molecule has 1 saturated heterocycles. The molecular weight excluding hydrogens is 272 g/mol. The Morgan fingerprint density at radius 2 is 2.10 bits per heavy atom. The molecule has 1 aromatic carbocycles. The molecular formula is C15H18N2O4. The first-order valence-electron chi connectivity index (χ1n) is 6.97. The van der Waals surface area contributed by atoms with Crippen molar-refractivity contribution in [3.8, 4) is 0 Å². The van der Waals surface area contributed by atoms with Gasteiger partial charge in [-0.05, 0) is 36.6 Å². The van der Waals surface area contributed by atoms with Crippen molar-refractivity contribution in [1.82, 2.24) is 10.2 Å². The molecule has 2 N–H and O–H groups in total. The molecule has 3 rings (SSSR count). The predicted molar refractivity (Wildman–Crippen MR) is 75.0 cm³/mol. The Morgan fingerprint density at radius 1 is 1.33 bits per heavy atom. The number of amides is 2. The largest absolute Gasteiger partial charge is 0.478 e. The molecule has 21 heavy (non-hydrogen) atoms. The third kappa shape index (κ3) is 2.71. The molecule has 0 aromatic heterocycles. The van der Waals surface area contributed by atoms with Crippen LogP contribution in [0.5, 0.6) is 0 Å². The van der Waals surface area contributed by atoms with Gasteiger partial charge in [-0.3, -0.25) is 0 Å². The zero-order chi connectivity index (χ0) is 15.0. The Labute approximate surface area is 122 Å². The number of benzene rings is 1. The Kier molecular flexibility index (Phi) is 3.33. The van der Waals surface area contributed by atoms with Gasteiger partial charge in [-0.15, -0.1) is 0 Å². The topological polar surface area (TPSA) is 78.9 Å². The smallest absolute Gasteiger partial charge is 0.335 e. The molecule has 1 fully saturated rings. The molecule has 0 saturated carbocycles. The second-order valence-electron chi connectivity index (χ2n) is 5.94. The summed E-state index contributed by atoms with van der Waals surface area (Å²) in [5.41, 5.74) is 1.85. The molecule has 2 aliphatic rings. The van der Waals surface area contributed by atoms with Crippen LogP contribution >= 0.6 is 0 Å². The van der Waals surface area contributed by atoms with Crippen LogP contribution in [0.25, 0.3) is 0 Å². The van der Waals surface area contributed by atoms with Crippen LogP contribution in [0.1, 0.15) is 34.8 Å². The van der Waals surface area contributed by atoms with Gasteiger partial charge < -0.3 is 20.1 Å². The number of urea groups is 1. The Bertz CT molecular complexity index is 593. The average Bonchev–Trinajstić information content (AvgIpc) is 3.03. The van der Waals surface area contributed by atoms with Crippen molar-refractivity contribution in [3.05, 3.63) is 34.9 Å². The number of carboxylic acid groups (broad SMARTS) is 1. The summed E-state index contributed by atoms with van der Waals surface area (Å²) in [5.74, 6) is -0.948. The minimum absolute atomic E-state index is 0.129. The molecule has 6 nitrogen and oxygen atoms in total. The minimum atomic E-state index is -0.948. The van der Waals surface area contributed by atoms with E-state index in [1.807, 2.05) is 6.92 Å². The summed E-state index contributed by atoms with van der Waals surface area (Å²) in [6.07, 6.45) is 0.808. The molecule has 0 spiro atoms. The highest BCUT2D eigenvalue weighted by molar-refractivity contribution is 5.88. The lowest BCUT2D eigenvalue weighted by Gasteiger charge is -2.27. The Morgan fingerprint density at radius 3 is 2.76 bits per heavy atom. The molecule has 0 bridgehead atoms. The van der Waals surface area contributed by atoms with Gasteiger partial charge >= 0.3 is 12.0 Å². The van der Waals surface area contributed by atoms with Crippen LogP contribution in [-0.2, 0) is 17.8 Å². The van der Waals surface area contributed by atoms with Gasteiger partial charge in [0.2, 0.25) is 0 Å². The molecule has 2 aliphatic heterocycles. The van der Waals surface area contributed by atoms with Crippen LogP contribution in [0.3, 0.4) is 0 Å². The van der Waals surface area contributed by atoms with E-state index in [4.69, 9.17) is 9.84 Å². The maximum atomic E-state index is 12.3. The summed E-state index contributed by atoms with van der Waals surface area (Å²) >= 11 is 0. The SMILES string of the molecule is CC1(NC(=O)N2Cc3ccc(C(=O)O)cc3C2)CCOC1. The Balaban J connectivity index is 1.69. The third-order valence-corrected chi connectivity index (χ3v) is 4.09. The van der Waals surface area contributed by atoms with Gasteiger partial charge in [0.25, 0.3) is 0 Å². The first-order valence-corrected chi connectivity index (χ1v) is 6.97. The Hall–Kier alpha value is -2.08. The van der Waals surface area contributed by atoms with E-state index in [2.05, 4.69) is 5.32 Å². The van der Waals surface area contributed by atoms with Gasteiger partial charge in [0.15, 0.2) is 0 Å². The highest BCUT2D eigenvalue weighted by atomic mass is 16.5. The summed E-state index contributed by atoms with van der Waals surface area (Å²) < 4.78 is 5.33. The molecule has 6 heteroatoms. The number of nitrogens with one attached hydrogen (secondary N) is 1. The molecule has 2 heterocycles. The van der Waals surface area contributed by atoms with Gasteiger partial charge in [0.05, 0.1) is 17.7 Å². The lowest BCUT2D eigenvalue weighted by Crippen LogP contribution is -2.50. The van der Waals surface area contributed by atoms with Crippen LogP contribution in [0, 0.1) is 0 Å². The monoisotopic (exact) mass is 290 g/mol. The van der Waals surface area contributed by atoms with Crippen LogP contribution < -0.4 is 5.32 Å². The molecule has 0 aliphatic carbocycles. The van der Waals surface area contributed by atoms with Gasteiger partial charge in [0.1, 0.15) is 0 Å². The first-order chi connectivity index (χ1) is 9.97. The van der Waals surface area contributed by atoms with Gasteiger partial charge in [-0.1, -0.05) is 6.07 Å². The molecule has 2 amide bonds. The standard InChI is InChI=1S/C15H18N2O4/c1-15(4-5-21-9-15)16-14(20)17-7-11-3-2-10(13(18)19)6-12(11)8-17/h2-3,6H,4-5,7-9H2,1H3,(H,16,20)(H,18,19). The normalized spacial score (nSPS) is 24.0. The van der Waals surface area contributed by atoms with E-state index in [1.165, 1.54) is 0 Å².